The highest BCUT2D eigenvalue weighted by molar-refractivity contribution is 4.91. The molecule has 0 aromatic rings. The maximum absolute atomic E-state index is 3.78. The van der Waals surface area contributed by atoms with E-state index in [4.69, 9.17) is 0 Å². The van der Waals surface area contributed by atoms with Crippen LogP contribution in [0.15, 0.2) is 0 Å². The number of hydrogen-bond acceptors (Lipinski definition) is 2. The van der Waals surface area contributed by atoms with Crippen molar-refractivity contribution in [3.8, 4) is 0 Å². The molecule has 2 aliphatic rings. The first kappa shape index (κ1) is 17.3. The molecule has 1 aliphatic heterocycles. The van der Waals surface area contributed by atoms with Crippen molar-refractivity contribution in [1.82, 2.24) is 10.2 Å². The lowest BCUT2D eigenvalue weighted by Crippen LogP contribution is -2.33. The molecule has 1 aliphatic carbocycles. The number of hydrogen-bond donors (Lipinski definition) is 1. The van der Waals surface area contributed by atoms with Gasteiger partial charge in [-0.3, -0.25) is 4.90 Å². The minimum Gasteiger partial charge on any atom is -0.313 e. The quantitative estimate of drug-likeness (QED) is 0.494. The van der Waals surface area contributed by atoms with Crippen molar-refractivity contribution < 1.29 is 0 Å². The van der Waals surface area contributed by atoms with E-state index in [9.17, 15) is 0 Å². The predicted molar refractivity (Wildman–Crippen MR) is 92.8 cm³/mol. The van der Waals surface area contributed by atoms with Crippen LogP contribution in [0.5, 0.6) is 0 Å². The molecule has 1 atom stereocenters. The van der Waals surface area contributed by atoms with E-state index >= 15 is 0 Å². The van der Waals surface area contributed by atoms with Gasteiger partial charge in [0.2, 0.25) is 0 Å². The molecule has 0 aromatic heterocycles. The van der Waals surface area contributed by atoms with Crippen LogP contribution >= 0.6 is 0 Å². The summed E-state index contributed by atoms with van der Waals surface area (Å²) < 4.78 is 0. The first-order valence-electron chi connectivity index (χ1n) is 9.87. The zero-order chi connectivity index (χ0) is 14.8. The average Bonchev–Trinajstić information content (AvgIpc) is 3.24. The Kier molecular flexibility index (Phi) is 8.73. The maximum Gasteiger partial charge on any atom is 0.0207 e. The molecule has 0 aromatic carbocycles. The van der Waals surface area contributed by atoms with Crippen LogP contribution in [0.3, 0.4) is 0 Å². The van der Waals surface area contributed by atoms with Crippen molar-refractivity contribution in [2.75, 3.05) is 19.6 Å². The summed E-state index contributed by atoms with van der Waals surface area (Å²) in [6.45, 7) is 6.21. The predicted octanol–water partition coefficient (Wildman–Crippen LogP) is 4.73. The number of likely N-dealkylation sites (tertiary alicyclic amines) is 1. The van der Waals surface area contributed by atoms with E-state index in [0.717, 1.165) is 12.1 Å². The Morgan fingerprint density at radius 1 is 0.810 bits per heavy atom. The van der Waals surface area contributed by atoms with Crippen molar-refractivity contribution in [1.29, 1.82) is 0 Å². The van der Waals surface area contributed by atoms with E-state index in [1.807, 2.05) is 0 Å². The van der Waals surface area contributed by atoms with Crippen LogP contribution in [0, 0.1) is 0 Å². The Morgan fingerprint density at radius 3 is 2.05 bits per heavy atom. The fourth-order valence-corrected chi connectivity index (χ4v) is 3.64. The van der Waals surface area contributed by atoms with Crippen molar-refractivity contribution >= 4 is 0 Å². The van der Waals surface area contributed by atoms with Crippen molar-refractivity contribution in [3.63, 3.8) is 0 Å². The highest BCUT2D eigenvalue weighted by Gasteiger charge is 2.33. The van der Waals surface area contributed by atoms with Crippen LogP contribution in [0.2, 0.25) is 0 Å². The lowest BCUT2D eigenvalue weighted by Gasteiger charge is -2.15. The molecule has 0 amide bonds. The molecule has 124 valence electrons. The van der Waals surface area contributed by atoms with Gasteiger partial charge in [0.1, 0.15) is 0 Å². The second-order valence-electron chi connectivity index (χ2n) is 7.35. The van der Waals surface area contributed by atoms with Crippen molar-refractivity contribution in [3.05, 3.63) is 0 Å². The van der Waals surface area contributed by atoms with Crippen LogP contribution in [0.1, 0.15) is 90.4 Å². The molecule has 2 rings (SSSR count). The highest BCUT2D eigenvalue weighted by Crippen LogP contribution is 2.29. The molecule has 1 saturated carbocycles. The van der Waals surface area contributed by atoms with E-state index < -0.39 is 0 Å². The Bertz CT molecular complexity index is 250. The Labute approximate surface area is 133 Å². The molecular formula is C19H38N2. The van der Waals surface area contributed by atoms with Crippen LogP contribution in [0.25, 0.3) is 0 Å². The van der Waals surface area contributed by atoms with Gasteiger partial charge in [0.25, 0.3) is 0 Å². The summed E-state index contributed by atoms with van der Waals surface area (Å²) in [5, 5.41) is 3.78. The third-order valence-corrected chi connectivity index (χ3v) is 5.25. The first-order valence-corrected chi connectivity index (χ1v) is 9.87. The summed E-state index contributed by atoms with van der Waals surface area (Å²) in [6, 6.07) is 1.76. The third kappa shape index (κ3) is 7.65. The van der Waals surface area contributed by atoms with Crippen LogP contribution in [-0.2, 0) is 0 Å². The second-order valence-corrected chi connectivity index (χ2v) is 7.35. The fraction of sp³-hybridized carbons (Fsp3) is 1.00. The summed E-state index contributed by atoms with van der Waals surface area (Å²) in [6.07, 6.45) is 18.7. The molecule has 21 heavy (non-hydrogen) atoms. The second kappa shape index (κ2) is 10.6. The van der Waals surface area contributed by atoms with E-state index in [1.54, 1.807) is 0 Å². The molecule has 1 N–H and O–H groups in total. The van der Waals surface area contributed by atoms with Gasteiger partial charge in [-0.05, 0) is 32.2 Å². The molecule has 0 spiro atoms. The molecular weight excluding hydrogens is 256 g/mol. The van der Waals surface area contributed by atoms with Crippen LogP contribution in [0.4, 0.5) is 0 Å². The normalized spacial score (nSPS) is 23.0. The molecule has 1 unspecified atom stereocenters. The van der Waals surface area contributed by atoms with Gasteiger partial charge in [0.05, 0.1) is 0 Å². The number of unbranched alkanes of at least 4 members (excludes halogenated alkanes) is 9. The van der Waals surface area contributed by atoms with Crippen LogP contribution in [-0.4, -0.2) is 36.6 Å². The molecule has 1 saturated heterocycles. The molecule has 0 bridgehead atoms. The minimum absolute atomic E-state index is 0.796. The fourth-order valence-electron chi connectivity index (χ4n) is 3.64. The van der Waals surface area contributed by atoms with Crippen LogP contribution < -0.4 is 5.32 Å². The Hall–Kier alpha value is -0.0800. The lowest BCUT2D eigenvalue weighted by atomic mass is 10.1. The van der Waals surface area contributed by atoms with E-state index in [0.29, 0.717) is 0 Å². The lowest BCUT2D eigenvalue weighted by molar-refractivity contribution is 0.317. The van der Waals surface area contributed by atoms with E-state index in [-0.39, 0.29) is 0 Å². The van der Waals surface area contributed by atoms with Gasteiger partial charge in [0, 0.05) is 25.2 Å². The van der Waals surface area contributed by atoms with Crippen molar-refractivity contribution in [2.24, 2.45) is 0 Å². The molecule has 0 radical (unpaired) electrons. The van der Waals surface area contributed by atoms with Gasteiger partial charge in [0.15, 0.2) is 0 Å². The Balaban J connectivity index is 1.30. The van der Waals surface area contributed by atoms with E-state index in [1.165, 1.54) is 103 Å². The largest absolute Gasteiger partial charge is 0.313 e. The number of rotatable bonds is 13. The van der Waals surface area contributed by atoms with Gasteiger partial charge in [-0.15, -0.1) is 0 Å². The van der Waals surface area contributed by atoms with Gasteiger partial charge < -0.3 is 5.32 Å². The monoisotopic (exact) mass is 294 g/mol. The zero-order valence-corrected chi connectivity index (χ0v) is 14.4. The number of nitrogens with zero attached hydrogens (tertiary/aromatic N) is 1. The summed E-state index contributed by atoms with van der Waals surface area (Å²) in [4.78, 5) is 2.70. The molecule has 2 fully saturated rings. The molecule has 2 nitrogen and oxygen atoms in total. The minimum atomic E-state index is 0.796. The van der Waals surface area contributed by atoms with E-state index in [2.05, 4.69) is 17.1 Å². The standard InChI is InChI=1S/C19H38N2/c1-2-3-4-5-6-7-8-9-10-11-15-20-18-14-16-21(17-18)19-12-13-19/h18-20H,2-17H2,1H3. The Morgan fingerprint density at radius 2 is 1.43 bits per heavy atom. The number of nitrogens with one attached hydrogen (secondary N) is 1. The van der Waals surface area contributed by atoms with Gasteiger partial charge in [-0.1, -0.05) is 64.7 Å². The highest BCUT2D eigenvalue weighted by atomic mass is 15.2. The van der Waals surface area contributed by atoms with Gasteiger partial charge in [-0.2, -0.15) is 0 Å². The summed E-state index contributed by atoms with van der Waals surface area (Å²) in [5.41, 5.74) is 0. The smallest absolute Gasteiger partial charge is 0.0207 e. The molecule has 1 heterocycles. The summed E-state index contributed by atoms with van der Waals surface area (Å²) in [7, 11) is 0. The SMILES string of the molecule is CCCCCCCCCCCCNC1CCN(C2CC2)C1. The average molecular weight is 295 g/mol. The van der Waals surface area contributed by atoms with Gasteiger partial charge >= 0.3 is 0 Å². The summed E-state index contributed by atoms with van der Waals surface area (Å²) in [5.74, 6) is 0. The molecule has 2 heteroatoms. The third-order valence-electron chi connectivity index (χ3n) is 5.25. The zero-order valence-electron chi connectivity index (χ0n) is 14.4. The topological polar surface area (TPSA) is 15.3 Å². The van der Waals surface area contributed by atoms with Crippen molar-refractivity contribution in [2.45, 2.75) is 102 Å². The summed E-state index contributed by atoms with van der Waals surface area (Å²) >= 11 is 0. The van der Waals surface area contributed by atoms with Gasteiger partial charge in [-0.25, -0.2) is 0 Å². The maximum atomic E-state index is 3.78. The first-order chi connectivity index (χ1) is 10.4.